The van der Waals surface area contributed by atoms with E-state index < -0.39 is 0 Å². The number of amides is 1. The van der Waals surface area contributed by atoms with E-state index in [-0.39, 0.29) is 11.9 Å². The van der Waals surface area contributed by atoms with Gasteiger partial charge in [0.15, 0.2) is 0 Å². The summed E-state index contributed by atoms with van der Waals surface area (Å²) in [4.78, 5) is 23.4. The molecule has 1 amide bonds. The summed E-state index contributed by atoms with van der Waals surface area (Å²) < 4.78 is 11.4. The van der Waals surface area contributed by atoms with E-state index in [1.165, 1.54) is 0 Å². The van der Waals surface area contributed by atoms with Crippen molar-refractivity contribution < 1.29 is 14.3 Å². The average Bonchev–Trinajstić information content (AvgIpc) is 2.78. The number of aryl methyl sites for hydroxylation is 1. The summed E-state index contributed by atoms with van der Waals surface area (Å²) in [5.74, 6) is 1.55. The molecule has 3 aromatic rings. The van der Waals surface area contributed by atoms with Gasteiger partial charge < -0.3 is 20.1 Å². The Labute approximate surface area is 182 Å². The molecule has 0 atom stereocenters. The molecule has 2 N–H and O–H groups in total. The van der Waals surface area contributed by atoms with E-state index in [0.29, 0.717) is 49.0 Å². The lowest BCUT2D eigenvalue weighted by Gasteiger charge is -2.21. The van der Waals surface area contributed by atoms with Gasteiger partial charge in [0.1, 0.15) is 24.7 Å². The van der Waals surface area contributed by atoms with Gasteiger partial charge in [-0.05, 0) is 57.2 Å². The van der Waals surface area contributed by atoms with E-state index in [0.717, 1.165) is 11.3 Å². The van der Waals surface area contributed by atoms with E-state index in [2.05, 4.69) is 9.97 Å². The first-order valence-corrected chi connectivity index (χ1v) is 10.4. The largest absolute Gasteiger partial charge is 0.490 e. The third-order valence-corrected chi connectivity index (χ3v) is 4.86. The Hall–Kier alpha value is -3.61. The Morgan fingerprint density at radius 2 is 1.48 bits per heavy atom. The molecule has 0 saturated carbocycles. The number of carbonyl (C=O) groups is 1. The number of hydrogen-bond acceptors (Lipinski definition) is 6. The third-order valence-electron chi connectivity index (χ3n) is 4.86. The zero-order valence-corrected chi connectivity index (χ0v) is 18.2. The fourth-order valence-electron chi connectivity index (χ4n) is 3.27. The number of nitrogen functional groups attached to an aromatic ring is 1. The lowest BCUT2D eigenvalue weighted by molar-refractivity contribution is 0.0772. The molecule has 0 aliphatic heterocycles. The van der Waals surface area contributed by atoms with Crippen LogP contribution < -0.4 is 15.2 Å². The highest BCUT2D eigenvalue weighted by Gasteiger charge is 2.22. The highest BCUT2D eigenvalue weighted by molar-refractivity contribution is 6.01. The maximum atomic E-state index is 13.1. The molecule has 0 aliphatic rings. The zero-order valence-electron chi connectivity index (χ0n) is 18.2. The third kappa shape index (κ3) is 5.51. The van der Waals surface area contributed by atoms with Crippen LogP contribution in [0.4, 0.5) is 5.95 Å². The number of anilines is 1. The molecule has 7 heteroatoms. The molecule has 1 heterocycles. The maximum Gasteiger partial charge on any atom is 0.257 e. The monoisotopic (exact) mass is 420 g/mol. The Bertz CT molecular complexity index is 1000. The summed E-state index contributed by atoms with van der Waals surface area (Å²) in [6.45, 7) is 7.75. The van der Waals surface area contributed by atoms with Crippen LogP contribution in [0, 0.1) is 6.92 Å². The van der Waals surface area contributed by atoms with Gasteiger partial charge in [-0.25, -0.2) is 9.97 Å². The van der Waals surface area contributed by atoms with Gasteiger partial charge in [0.25, 0.3) is 5.91 Å². The number of nitrogens with two attached hydrogens (primary N) is 1. The molecule has 2 aromatic carbocycles. The van der Waals surface area contributed by atoms with Crippen LogP contribution in [0.15, 0.2) is 54.6 Å². The van der Waals surface area contributed by atoms with Gasteiger partial charge in [-0.1, -0.05) is 18.2 Å². The van der Waals surface area contributed by atoms with E-state index in [9.17, 15) is 4.79 Å². The van der Waals surface area contributed by atoms with Crippen molar-refractivity contribution in [3.05, 3.63) is 65.9 Å². The molecular formula is C24H28N4O3. The van der Waals surface area contributed by atoms with Crippen molar-refractivity contribution in [1.82, 2.24) is 14.9 Å². The van der Waals surface area contributed by atoms with E-state index >= 15 is 0 Å². The van der Waals surface area contributed by atoms with Crippen molar-refractivity contribution in [2.24, 2.45) is 0 Å². The second-order valence-electron chi connectivity index (χ2n) is 6.90. The molecule has 0 bridgehead atoms. The van der Waals surface area contributed by atoms with E-state index in [1.807, 2.05) is 68.4 Å². The Kier molecular flexibility index (Phi) is 7.43. The number of benzene rings is 2. The molecule has 3 rings (SSSR count). The maximum absolute atomic E-state index is 13.1. The van der Waals surface area contributed by atoms with Crippen LogP contribution in [0.1, 0.15) is 29.9 Å². The number of rotatable bonds is 9. The molecule has 0 aliphatic carbocycles. The van der Waals surface area contributed by atoms with Gasteiger partial charge in [-0.3, -0.25) is 4.79 Å². The van der Waals surface area contributed by atoms with Crippen LogP contribution in [-0.2, 0) is 0 Å². The SMILES string of the molecule is CCN(CC)C(=O)c1c(C)nc(N)nc1-c1ccc(OCCOc2ccccc2)cc1. The van der Waals surface area contributed by atoms with Crippen LogP contribution in [0.25, 0.3) is 11.3 Å². The Balaban J connectivity index is 1.73. The first-order chi connectivity index (χ1) is 15.0. The fraction of sp³-hybridized carbons (Fsp3) is 0.292. The van der Waals surface area contributed by atoms with E-state index in [1.54, 1.807) is 11.8 Å². The van der Waals surface area contributed by atoms with Gasteiger partial charge >= 0.3 is 0 Å². The topological polar surface area (TPSA) is 90.6 Å². The molecule has 0 radical (unpaired) electrons. The van der Waals surface area contributed by atoms with Crippen LogP contribution in [-0.4, -0.2) is 47.1 Å². The number of carbonyl (C=O) groups excluding carboxylic acids is 1. The van der Waals surface area contributed by atoms with Gasteiger partial charge in [-0.15, -0.1) is 0 Å². The van der Waals surface area contributed by atoms with Crippen LogP contribution in [0.2, 0.25) is 0 Å². The van der Waals surface area contributed by atoms with Crippen molar-refractivity contribution in [3.63, 3.8) is 0 Å². The first-order valence-electron chi connectivity index (χ1n) is 10.4. The molecule has 1 aromatic heterocycles. The minimum absolute atomic E-state index is 0.101. The summed E-state index contributed by atoms with van der Waals surface area (Å²) >= 11 is 0. The van der Waals surface area contributed by atoms with Crippen molar-refractivity contribution in [2.45, 2.75) is 20.8 Å². The molecule has 0 spiro atoms. The zero-order chi connectivity index (χ0) is 22.2. The van der Waals surface area contributed by atoms with Crippen molar-refractivity contribution in [1.29, 1.82) is 0 Å². The second kappa shape index (κ2) is 10.4. The lowest BCUT2D eigenvalue weighted by Crippen LogP contribution is -2.32. The van der Waals surface area contributed by atoms with Crippen LogP contribution in [0.3, 0.4) is 0 Å². The van der Waals surface area contributed by atoms with Gasteiger partial charge in [0.05, 0.1) is 17.0 Å². The standard InChI is InChI=1S/C24H28N4O3/c1-4-28(5-2)23(29)21-17(3)26-24(25)27-22(21)18-11-13-20(14-12-18)31-16-15-30-19-9-7-6-8-10-19/h6-14H,4-5,15-16H2,1-3H3,(H2,25,26,27). The minimum atomic E-state index is -0.101. The van der Waals surface area contributed by atoms with Crippen molar-refractivity contribution in [3.8, 4) is 22.8 Å². The molecule has 0 fully saturated rings. The highest BCUT2D eigenvalue weighted by atomic mass is 16.5. The molecule has 162 valence electrons. The van der Waals surface area contributed by atoms with Crippen molar-refractivity contribution in [2.75, 3.05) is 32.0 Å². The van der Waals surface area contributed by atoms with Crippen LogP contribution >= 0.6 is 0 Å². The summed E-state index contributed by atoms with van der Waals surface area (Å²) in [6.07, 6.45) is 0. The Morgan fingerprint density at radius 1 is 0.903 bits per heavy atom. The number of nitrogens with zero attached hydrogens (tertiary/aromatic N) is 3. The number of hydrogen-bond donors (Lipinski definition) is 1. The van der Waals surface area contributed by atoms with Gasteiger partial charge in [-0.2, -0.15) is 0 Å². The average molecular weight is 421 g/mol. The highest BCUT2D eigenvalue weighted by Crippen LogP contribution is 2.27. The fourth-order valence-corrected chi connectivity index (χ4v) is 3.27. The molecule has 31 heavy (non-hydrogen) atoms. The number of aromatic nitrogens is 2. The second-order valence-corrected chi connectivity index (χ2v) is 6.90. The normalized spacial score (nSPS) is 10.5. The summed E-state index contributed by atoms with van der Waals surface area (Å²) in [5.41, 5.74) is 8.23. The Morgan fingerprint density at radius 3 is 2.06 bits per heavy atom. The molecular weight excluding hydrogens is 392 g/mol. The number of ether oxygens (including phenoxy) is 2. The molecule has 0 saturated heterocycles. The van der Waals surface area contributed by atoms with E-state index in [4.69, 9.17) is 15.2 Å². The quantitative estimate of drug-likeness (QED) is 0.527. The minimum Gasteiger partial charge on any atom is -0.490 e. The summed E-state index contributed by atoms with van der Waals surface area (Å²) in [7, 11) is 0. The summed E-state index contributed by atoms with van der Waals surface area (Å²) in [5, 5.41) is 0. The lowest BCUT2D eigenvalue weighted by atomic mass is 10.0. The van der Waals surface area contributed by atoms with Crippen LogP contribution in [0.5, 0.6) is 11.5 Å². The predicted octanol–water partition coefficient (Wildman–Crippen LogP) is 3.97. The molecule has 7 nitrogen and oxygen atoms in total. The van der Waals surface area contributed by atoms with Gasteiger partial charge in [0, 0.05) is 18.7 Å². The smallest absolute Gasteiger partial charge is 0.257 e. The van der Waals surface area contributed by atoms with Crippen molar-refractivity contribution >= 4 is 11.9 Å². The first kappa shape index (κ1) is 22.1. The van der Waals surface area contributed by atoms with Gasteiger partial charge in [0.2, 0.25) is 5.95 Å². The predicted molar refractivity (Wildman–Crippen MR) is 121 cm³/mol. The number of para-hydroxylation sites is 1. The summed E-state index contributed by atoms with van der Waals surface area (Å²) in [6, 6.07) is 17.0. The molecule has 0 unspecified atom stereocenters.